The molecule has 0 atom stereocenters. The molecule has 3 aromatic carbocycles. The molecule has 0 bridgehead atoms. The van der Waals surface area contributed by atoms with Gasteiger partial charge in [0, 0.05) is 10.6 Å². The maximum atomic E-state index is 13.5. The molecule has 190 valence electrons. The topological polar surface area (TPSA) is 75.7 Å². The van der Waals surface area contributed by atoms with E-state index in [1.54, 1.807) is 6.07 Å². The molecule has 6 nitrogen and oxygen atoms in total. The number of barbiturate groups is 1. The van der Waals surface area contributed by atoms with Gasteiger partial charge in [-0.25, -0.2) is 14.1 Å². The van der Waals surface area contributed by atoms with Crippen LogP contribution < -0.4 is 15.0 Å². The second-order valence-electron chi connectivity index (χ2n) is 7.72. The summed E-state index contributed by atoms with van der Waals surface area (Å²) < 4.78 is 58.9. The molecule has 0 saturated carbocycles. The molecule has 1 N–H and O–H groups in total. The molecule has 1 heterocycles. The molecular weight excluding hydrogens is 539 g/mol. The second kappa shape index (κ2) is 10.2. The highest BCUT2D eigenvalue weighted by atomic mass is 35.5. The Balaban J connectivity index is 1.72. The van der Waals surface area contributed by atoms with Crippen LogP contribution in [0, 0.1) is 5.82 Å². The van der Waals surface area contributed by atoms with Crippen molar-refractivity contribution in [1.82, 2.24) is 5.32 Å². The van der Waals surface area contributed by atoms with Crippen LogP contribution in [0.2, 0.25) is 10.0 Å². The number of alkyl halides is 3. The summed E-state index contributed by atoms with van der Waals surface area (Å²) in [6.45, 7) is -0.0693. The molecule has 37 heavy (non-hydrogen) atoms. The SMILES string of the molecule is O=C1NC(=O)N(c2cc(C(F)(F)F)ccc2Cl)C(=O)/C1=C\c1cc(Cl)ccc1OCc1cccc(F)c1. The van der Waals surface area contributed by atoms with Crippen LogP contribution in [0.5, 0.6) is 5.75 Å². The van der Waals surface area contributed by atoms with E-state index in [2.05, 4.69) is 0 Å². The van der Waals surface area contributed by atoms with Gasteiger partial charge >= 0.3 is 12.2 Å². The van der Waals surface area contributed by atoms with Crippen LogP contribution >= 0.6 is 23.2 Å². The number of amides is 4. The summed E-state index contributed by atoms with van der Waals surface area (Å²) in [6.07, 6.45) is -3.71. The number of hydrogen-bond donors (Lipinski definition) is 1. The lowest BCUT2D eigenvalue weighted by atomic mass is 10.1. The van der Waals surface area contributed by atoms with Crippen LogP contribution in [-0.2, 0) is 22.4 Å². The van der Waals surface area contributed by atoms with Crippen LogP contribution in [0.3, 0.4) is 0 Å². The smallest absolute Gasteiger partial charge is 0.416 e. The lowest BCUT2D eigenvalue weighted by Crippen LogP contribution is -2.54. The number of benzene rings is 3. The van der Waals surface area contributed by atoms with E-state index in [-0.39, 0.29) is 28.0 Å². The average molecular weight is 553 g/mol. The van der Waals surface area contributed by atoms with Gasteiger partial charge in [-0.3, -0.25) is 14.9 Å². The molecule has 12 heteroatoms. The van der Waals surface area contributed by atoms with Gasteiger partial charge in [0.15, 0.2) is 0 Å². The van der Waals surface area contributed by atoms with Gasteiger partial charge in [-0.15, -0.1) is 0 Å². The molecule has 1 saturated heterocycles. The van der Waals surface area contributed by atoms with Gasteiger partial charge in [0.1, 0.15) is 23.7 Å². The molecule has 0 aliphatic carbocycles. The monoisotopic (exact) mass is 552 g/mol. The van der Waals surface area contributed by atoms with E-state index in [9.17, 15) is 31.9 Å². The van der Waals surface area contributed by atoms with Gasteiger partial charge < -0.3 is 4.74 Å². The maximum absolute atomic E-state index is 13.5. The zero-order chi connectivity index (χ0) is 26.9. The van der Waals surface area contributed by atoms with Crippen molar-refractivity contribution in [2.24, 2.45) is 0 Å². The van der Waals surface area contributed by atoms with Crippen molar-refractivity contribution >= 4 is 52.8 Å². The van der Waals surface area contributed by atoms with E-state index in [0.29, 0.717) is 22.6 Å². The Morgan fingerprint density at radius 3 is 2.43 bits per heavy atom. The van der Waals surface area contributed by atoms with Crippen molar-refractivity contribution in [3.05, 3.63) is 98.8 Å². The Kier molecular flexibility index (Phi) is 7.24. The first-order valence-electron chi connectivity index (χ1n) is 10.4. The Morgan fingerprint density at radius 1 is 0.973 bits per heavy atom. The Labute approximate surface area is 217 Å². The summed E-state index contributed by atoms with van der Waals surface area (Å²) in [6, 6.07) is 10.8. The first-order valence-corrected chi connectivity index (χ1v) is 11.1. The largest absolute Gasteiger partial charge is 0.488 e. The molecule has 4 amide bonds. The fourth-order valence-corrected chi connectivity index (χ4v) is 3.83. The van der Waals surface area contributed by atoms with Crippen molar-refractivity contribution in [2.75, 3.05) is 4.90 Å². The number of halogens is 6. The number of urea groups is 1. The van der Waals surface area contributed by atoms with E-state index in [1.807, 2.05) is 5.32 Å². The lowest BCUT2D eigenvalue weighted by Gasteiger charge is -2.27. The Hall–Kier alpha value is -3.89. The highest BCUT2D eigenvalue weighted by Crippen LogP contribution is 2.37. The number of rotatable bonds is 5. The highest BCUT2D eigenvalue weighted by molar-refractivity contribution is 6.42. The van der Waals surface area contributed by atoms with E-state index < -0.39 is 46.7 Å². The summed E-state index contributed by atoms with van der Waals surface area (Å²) in [7, 11) is 0. The molecular formula is C25H14Cl2F4N2O4. The third-order valence-electron chi connectivity index (χ3n) is 5.17. The molecule has 1 aliphatic rings. The van der Waals surface area contributed by atoms with Crippen LogP contribution in [0.25, 0.3) is 6.08 Å². The average Bonchev–Trinajstić information content (AvgIpc) is 2.81. The van der Waals surface area contributed by atoms with Crippen molar-refractivity contribution in [3.8, 4) is 5.75 Å². The van der Waals surface area contributed by atoms with Crippen LogP contribution in [0.15, 0.2) is 66.2 Å². The Morgan fingerprint density at radius 2 is 1.73 bits per heavy atom. The highest BCUT2D eigenvalue weighted by Gasteiger charge is 2.39. The van der Waals surface area contributed by atoms with Crippen molar-refractivity contribution in [3.63, 3.8) is 0 Å². The zero-order valence-corrected chi connectivity index (χ0v) is 19.9. The zero-order valence-electron chi connectivity index (χ0n) is 18.4. The molecule has 4 rings (SSSR count). The predicted molar refractivity (Wildman–Crippen MR) is 128 cm³/mol. The normalized spacial score (nSPS) is 15.2. The third-order valence-corrected chi connectivity index (χ3v) is 5.73. The maximum Gasteiger partial charge on any atom is 0.416 e. The number of imide groups is 2. The molecule has 0 spiro atoms. The number of ether oxygens (including phenoxy) is 1. The third kappa shape index (κ3) is 5.76. The number of carbonyl (C=O) groups excluding carboxylic acids is 3. The molecule has 0 unspecified atom stereocenters. The van der Waals surface area contributed by atoms with Gasteiger partial charge in [0.25, 0.3) is 11.8 Å². The Bertz CT molecular complexity index is 1460. The van der Waals surface area contributed by atoms with Gasteiger partial charge in [0.05, 0.1) is 16.3 Å². The van der Waals surface area contributed by atoms with Gasteiger partial charge in [-0.1, -0.05) is 35.3 Å². The second-order valence-corrected chi connectivity index (χ2v) is 8.57. The van der Waals surface area contributed by atoms with E-state index in [4.69, 9.17) is 27.9 Å². The lowest BCUT2D eigenvalue weighted by molar-refractivity contribution is -0.137. The van der Waals surface area contributed by atoms with E-state index >= 15 is 0 Å². The number of carbonyl (C=O) groups is 3. The van der Waals surface area contributed by atoms with Crippen LogP contribution in [-0.4, -0.2) is 17.8 Å². The number of nitrogens with one attached hydrogen (secondary N) is 1. The standard InChI is InChI=1S/C25H14Cl2F4N2O4/c26-16-5-7-21(37-12-13-2-1-3-17(28)8-13)14(9-16)10-18-22(34)32-24(36)33(23(18)35)20-11-15(25(29,30)31)4-6-19(20)27/h1-11H,12H2,(H,32,34,36)/b18-10-. The first-order chi connectivity index (χ1) is 17.4. The molecule has 3 aromatic rings. The summed E-state index contributed by atoms with van der Waals surface area (Å²) in [5, 5.41) is 1.80. The van der Waals surface area contributed by atoms with Crippen molar-refractivity contribution < 1.29 is 36.7 Å². The van der Waals surface area contributed by atoms with Crippen LogP contribution in [0.4, 0.5) is 28.0 Å². The summed E-state index contributed by atoms with van der Waals surface area (Å²) >= 11 is 12.1. The summed E-state index contributed by atoms with van der Waals surface area (Å²) in [4.78, 5) is 38.5. The molecule has 1 aliphatic heterocycles. The van der Waals surface area contributed by atoms with Crippen molar-refractivity contribution in [1.29, 1.82) is 0 Å². The minimum atomic E-state index is -4.78. The molecule has 0 aromatic heterocycles. The van der Waals surface area contributed by atoms with Gasteiger partial charge in [-0.05, 0) is 60.2 Å². The fraction of sp³-hybridized carbons (Fsp3) is 0.0800. The quantitative estimate of drug-likeness (QED) is 0.226. The predicted octanol–water partition coefficient (Wildman–Crippen LogP) is 6.40. The minimum absolute atomic E-state index is 0.0693. The number of hydrogen-bond acceptors (Lipinski definition) is 4. The minimum Gasteiger partial charge on any atom is -0.488 e. The van der Waals surface area contributed by atoms with Crippen molar-refractivity contribution in [2.45, 2.75) is 12.8 Å². The van der Waals surface area contributed by atoms with E-state index in [0.717, 1.165) is 12.1 Å². The van der Waals surface area contributed by atoms with Crippen LogP contribution in [0.1, 0.15) is 16.7 Å². The molecule has 0 radical (unpaired) electrons. The fourth-order valence-electron chi connectivity index (χ4n) is 3.44. The van der Waals surface area contributed by atoms with Gasteiger partial charge in [-0.2, -0.15) is 13.2 Å². The summed E-state index contributed by atoms with van der Waals surface area (Å²) in [5.41, 5.74) is -1.67. The van der Waals surface area contributed by atoms with E-state index in [1.165, 1.54) is 36.4 Å². The number of nitrogens with zero attached hydrogens (tertiary/aromatic N) is 1. The van der Waals surface area contributed by atoms with Gasteiger partial charge in [0.2, 0.25) is 0 Å². The summed E-state index contributed by atoms with van der Waals surface area (Å²) in [5.74, 6) is -2.62. The number of anilines is 1. The first kappa shape index (κ1) is 26.2. The molecule has 1 fully saturated rings.